The van der Waals surface area contributed by atoms with Crippen molar-refractivity contribution in [2.75, 3.05) is 27.2 Å². The normalized spacial score (nSPS) is 11.1. The maximum atomic E-state index is 11.6. The van der Waals surface area contributed by atoms with Gasteiger partial charge in [0.05, 0.1) is 17.0 Å². The molecule has 0 bridgehead atoms. The third-order valence-electron chi connectivity index (χ3n) is 5.09. The number of aromatic nitrogens is 3. The number of rotatable bonds is 8. The first kappa shape index (κ1) is 23.3. The topological polar surface area (TPSA) is 112 Å². The number of imidazole rings is 1. The fraction of sp³-hybridized carbons (Fsp3) is 0.160. The Kier molecular flexibility index (Phi) is 6.81. The number of likely N-dealkylation sites (N-methyl/N-ethyl adjacent to an activating group) is 1. The van der Waals surface area contributed by atoms with Crippen LogP contribution in [0.4, 0.5) is 0 Å². The lowest BCUT2D eigenvalue weighted by molar-refractivity contribution is 0.0697. The highest BCUT2D eigenvalue weighted by molar-refractivity contribution is 6.31. The Morgan fingerprint density at radius 2 is 1.82 bits per heavy atom. The number of aromatic carboxylic acids is 1. The Morgan fingerprint density at radius 3 is 2.50 bits per heavy atom. The first-order valence-electron chi connectivity index (χ1n) is 10.5. The summed E-state index contributed by atoms with van der Waals surface area (Å²) in [7, 11) is 3.97. The van der Waals surface area contributed by atoms with E-state index in [0.717, 1.165) is 17.9 Å². The molecule has 0 atom stereocenters. The second-order valence-corrected chi connectivity index (χ2v) is 8.36. The summed E-state index contributed by atoms with van der Waals surface area (Å²) in [6, 6.07) is 15.3. The molecule has 2 heterocycles. The number of aromatic amines is 1. The molecular formula is C25H23ClN4O4. The molecule has 0 radical (unpaired) electrons. The molecule has 0 aliphatic rings. The molecule has 0 fully saturated rings. The van der Waals surface area contributed by atoms with Crippen LogP contribution >= 0.6 is 11.6 Å². The van der Waals surface area contributed by atoms with Gasteiger partial charge in [-0.15, -0.1) is 0 Å². The quantitative estimate of drug-likeness (QED) is 0.333. The molecule has 4 aromatic rings. The zero-order valence-electron chi connectivity index (χ0n) is 18.6. The van der Waals surface area contributed by atoms with Gasteiger partial charge in [-0.3, -0.25) is 0 Å². The molecule has 8 nitrogen and oxygen atoms in total. The van der Waals surface area contributed by atoms with Crippen LogP contribution in [0.2, 0.25) is 5.02 Å². The molecule has 174 valence electrons. The van der Waals surface area contributed by atoms with E-state index in [1.54, 1.807) is 12.1 Å². The summed E-state index contributed by atoms with van der Waals surface area (Å²) in [5.74, 6) is 0.0826. The van der Waals surface area contributed by atoms with Crippen molar-refractivity contribution in [3.63, 3.8) is 0 Å². The minimum atomic E-state index is -1.09. The van der Waals surface area contributed by atoms with Crippen molar-refractivity contribution in [1.29, 1.82) is 0 Å². The van der Waals surface area contributed by atoms with Crippen molar-refractivity contribution in [1.82, 2.24) is 19.9 Å². The van der Waals surface area contributed by atoms with E-state index in [0.29, 0.717) is 34.9 Å². The first-order valence-corrected chi connectivity index (χ1v) is 10.9. The average Bonchev–Trinajstić information content (AvgIpc) is 3.24. The summed E-state index contributed by atoms with van der Waals surface area (Å²) < 4.78 is 5.76. The van der Waals surface area contributed by atoms with Crippen molar-refractivity contribution in [2.45, 2.75) is 0 Å². The molecule has 2 aromatic carbocycles. The van der Waals surface area contributed by atoms with Crippen LogP contribution in [0.5, 0.6) is 11.6 Å². The monoisotopic (exact) mass is 478 g/mol. The number of aromatic hydroxyl groups is 1. The van der Waals surface area contributed by atoms with E-state index >= 15 is 0 Å². The molecule has 0 aliphatic heterocycles. The molecule has 0 unspecified atom stereocenters. The van der Waals surface area contributed by atoms with Gasteiger partial charge >= 0.3 is 5.97 Å². The van der Waals surface area contributed by atoms with E-state index in [1.165, 1.54) is 24.4 Å². The number of pyridine rings is 1. The molecule has 0 aliphatic carbocycles. The van der Waals surface area contributed by atoms with Crippen molar-refractivity contribution in [3.8, 4) is 45.5 Å². The second-order valence-electron chi connectivity index (χ2n) is 7.92. The van der Waals surface area contributed by atoms with Crippen molar-refractivity contribution < 1.29 is 19.7 Å². The lowest BCUT2D eigenvalue weighted by Gasteiger charge is -2.11. The van der Waals surface area contributed by atoms with Gasteiger partial charge in [-0.25, -0.2) is 14.8 Å². The number of halogens is 1. The Labute approximate surface area is 201 Å². The average molecular weight is 479 g/mol. The summed E-state index contributed by atoms with van der Waals surface area (Å²) in [5, 5.41) is 19.6. The SMILES string of the molecule is CN(C)CCOc1ccc(-c2nc(-c3cc(Cl)cc(C(=O)O)c3)c(-c3ccnc(O)c3)[nH]2)cc1. The van der Waals surface area contributed by atoms with E-state index in [-0.39, 0.29) is 16.5 Å². The minimum Gasteiger partial charge on any atom is -0.493 e. The van der Waals surface area contributed by atoms with Crippen LogP contribution in [0.3, 0.4) is 0 Å². The number of benzene rings is 2. The van der Waals surface area contributed by atoms with E-state index in [1.807, 2.05) is 43.3 Å². The van der Waals surface area contributed by atoms with Crippen LogP contribution in [0, 0.1) is 0 Å². The maximum Gasteiger partial charge on any atom is 0.335 e. The minimum absolute atomic E-state index is 0.0507. The van der Waals surface area contributed by atoms with Gasteiger partial charge in [-0.05, 0) is 62.6 Å². The zero-order chi connectivity index (χ0) is 24.2. The van der Waals surface area contributed by atoms with Crippen LogP contribution < -0.4 is 4.74 Å². The van der Waals surface area contributed by atoms with E-state index in [2.05, 4.69) is 9.97 Å². The van der Waals surface area contributed by atoms with Crippen LogP contribution in [-0.4, -0.2) is 63.3 Å². The van der Waals surface area contributed by atoms with Gasteiger partial charge in [-0.1, -0.05) is 11.6 Å². The van der Waals surface area contributed by atoms with Gasteiger partial charge in [0.25, 0.3) is 0 Å². The van der Waals surface area contributed by atoms with Gasteiger partial charge in [0.15, 0.2) is 0 Å². The van der Waals surface area contributed by atoms with Crippen molar-refractivity contribution in [3.05, 3.63) is 71.4 Å². The number of nitrogens with one attached hydrogen (secondary N) is 1. The predicted octanol–water partition coefficient (Wildman–Crippen LogP) is 4.80. The Balaban J connectivity index is 1.75. The van der Waals surface area contributed by atoms with Gasteiger partial charge in [0.1, 0.15) is 18.2 Å². The Bertz CT molecular complexity index is 1320. The number of carbonyl (C=O) groups is 1. The zero-order valence-corrected chi connectivity index (χ0v) is 19.4. The third-order valence-corrected chi connectivity index (χ3v) is 5.31. The van der Waals surface area contributed by atoms with Crippen LogP contribution in [-0.2, 0) is 0 Å². The summed E-state index contributed by atoms with van der Waals surface area (Å²) in [4.78, 5) is 25.5. The first-order chi connectivity index (χ1) is 16.3. The van der Waals surface area contributed by atoms with Gasteiger partial charge in [0.2, 0.25) is 5.88 Å². The standard InChI is InChI=1S/C25H23ClN4O4/c1-30(2)9-10-34-20-5-3-15(4-6-20)24-28-22(16-7-8-27-21(31)14-16)23(29-24)17-11-18(25(32)33)13-19(26)12-17/h3-8,11-14H,9-10H2,1-2H3,(H,27,31)(H,28,29)(H,32,33). The largest absolute Gasteiger partial charge is 0.493 e. The molecule has 9 heteroatoms. The molecule has 0 spiro atoms. The molecule has 2 aromatic heterocycles. The summed E-state index contributed by atoms with van der Waals surface area (Å²) in [6.07, 6.45) is 1.48. The summed E-state index contributed by atoms with van der Waals surface area (Å²) in [6.45, 7) is 1.39. The van der Waals surface area contributed by atoms with Gasteiger partial charge in [-0.2, -0.15) is 0 Å². The lowest BCUT2D eigenvalue weighted by atomic mass is 10.0. The van der Waals surface area contributed by atoms with E-state index < -0.39 is 5.97 Å². The number of nitrogens with zero attached hydrogens (tertiary/aromatic N) is 3. The van der Waals surface area contributed by atoms with Crippen molar-refractivity contribution in [2.24, 2.45) is 0 Å². The number of H-pyrrole nitrogens is 1. The smallest absolute Gasteiger partial charge is 0.335 e. The Morgan fingerprint density at radius 1 is 1.06 bits per heavy atom. The number of hydrogen-bond donors (Lipinski definition) is 3. The van der Waals surface area contributed by atoms with Gasteiger partial charge in [0, 0.05) is 40.5 Å². The lowest BCUT2D eigenvalue weighted by Crippen LogP contribution is -2.19. The molecule has 3 N–H and O–H groups in total. The fourth-order valence-corrected chi connectivity index (χ4v) is 3.64. The number of carboxylic acids is 1. The summed E-state index contributed by atoms with van der Waals surface area (Å²) in [5.41, 5.74) is 3.12. The summed E-state index contributed by atoms with van der Waals surface area (Å²) >= 11 is 6.20. The highest BCUT2D eigenvalue weighted by Crippen LogP contribution is 2.35. The molecule has 0 saturated heterocycles. The van der Waals surface area contributed by atoms with Crippen LogP contribution in [0.1, 0.15) is 10.4 Å². The molecular weight excluding hydrogens is 456 g/mol. The highest BCUT2D eigenvalue weighted by atomic mass is 35.5. The van der Waals surface area contributed by atoms with Crippen LogP contribution in [0.15, 0.2) is 60.8 Å². The second kappa shape index (κ2) is 9.94. The van der Waals surface area contributed by atoms with E-state index in [4.69, 9.17) is 21.3 Å². The molecule has 0 saturated carbocycles. The number of ether oxygens (including phenoxy) is 1. The van der Waals surface area contributed by atoms with E-state index in [9.17, 15) is 15.0 Å². The number of carboxylic acid groups (broad SMARTS) is 1. The Hall–Kier alpha value is -3.88. The number of hydrogen-bond acceptors (Lipinski definition) is 6. The van der Waals surface area contributed by atoms with Crippen LogP contribution in [0.25, 0.3) is 33.9 Å². The molecule has 34 heavy (non-hydrogen) atoms. The van der Waals surface area contributed by atoms with Gasteiger partial charge < -0.3 is 24.8 Å². The maximum absolute atomic E-state index is 11.6. The molecule has 4 rings (SSSR count). The molecule has 0 amide bonds. The predicted molar refractivity (Wildman–Crippen MR) is 130 cm³/mol. The van der Waals surface area contributed by atoms with Crippen molar-refractivity contribution >= 4 is 17.6 Å². The highest BCUT2D eigenvalue weighted by Gasteiger charge is 2.18. The third kappa shape index (κ3) is 5.36. The fourth-order valence-electron chi connectivity index (χ4n) is 3.41.